The Hall–Kier alpha value is -1.58. The molecule has 0 saturated carbocycles. The first-order valence-corrected chi connectivity index (χ1v) is 11.1. The topological polar surface area (TPSA) is 98.5 Å². The minimum Gasteiger partial charge on any atom is -0.495 e. The van der Waals surface area contributed by atoms with Crippen molar-refractivity contribution in [2.45, 2.75) is 31.1 Å². The summed E-state index contributed by atoms with van der Waals surface area (Å²) in [4.78, 5) is 13.0. The number of anilines is 1. The minimum atomic E-state index is -3.95. The fraction of sp³-hybridized carbons (Fsp3) is 0.353. The molecular formula is C17H19BrN2O4S2. The predicted molar refractivity (Wildman–Crippen MR) is 106 cm³/mol. The van der Waals surface area contributed by atoms with Gasteiger partial charge in [0.1, 0.15) is 15.6 Å². The second-order valence-corrected chi connectivity index (χ2v) is 9.99. The van der Waals surface area contributed by atoms with Crippen LogP contribution in [0.3, 0.4) is 0 Å². The maximum atomic E-state index is 12.9. The van der Waals surface area contributed by atoms with E-state index in [9.17, 15) is 13.2 Å². The molecule has 0 unspecified atom stereocenters. The van der Waals surface area contributed by atoms with E-state index in [2.05, 4.69) is 27.6 Å². The average Bonchev–Trinajstić information content (AvgIpc) is 2.90. The second kappa shape index (κ2) is 7.21. The number of thiophene rings is 1. The normalized spacial score (nSPS) is 16.8. The van der Waals surface area contributed by atoms with Crippen LogP contribution in [0.2, 0.25) is 0 Å². The van der Waals surface area contributed by atoms with Gasteiger partial charge in [-0.15, -0.1) is 11.3 Å². The number of halogens is 1. The summed E-state index contributed by atoms with van der Waals surface area (Å²) in [5.41, 5.74) is 6.72. The highest BCUT2D eigenvalue weighted by Crippen LogP contribution is 2.41. The van der Waals surface area contributed by atoms with Crippen molar-refractivity contribution in [1.29, 1.82) is 0 Å². The van der Waals surface area contributed by atoms with Gasteiger partial charge < -0.3 is 10.5 Å². The van der Waals surface area contributed by atoms with E-state index >= 15 is 0 Å². The number of carbonyl (C=O) groups excluding carboxylic acids is 1. The number of sulfonamides is 1. The van der Waals surface area contributed by atoms with E-state index in [4.69, 9.17) is 10.5 Å². The number of amides is 1. The lowest BCUT2D eigenvalue weighted by molar-refractivity contribution is 0.100. The van der Waals surface area contributed by atoms with Crippen molar-refractivity contribution in [3.8, 4) is 5.75 Å². The Morgan fingerprint density at radius 3 is 2.81 bits per heavy atom. The largest absolute Gasteiger partial charge is 0.495 e. The molecule has 1 aromatic carbocycles. The SMILES string of the molecule is COc1ccc(Br)cc1S(=O)(=O)Nc1sc2c(c1C(N)=O)CC[C@H](C)C2. The molecule has 9 heteroatoms. The molecule has 0 saturated heterocycles. The summed E-state index contributed by atoms with van der Waals surface area (Å²) in [6.07, 6.45) is 2.51. The van der Waals surface area contributed by atoms with Crippen LogP contribution >= 0.6 is 27.3 Å². The van der Waals surface area contributed by atoms with E-state index in [1.807, 2.05) is 0 Å². The van der Waals surface area contributed by atoms with Gasteiger partial charge >= 0.3 is 0 Å². The van der Waals surface area contributed by atoms with Gasteiger partial charge in [0.05, 0.1) is 12.7 Å². The van der Waals surface area contributed by atoms with Crippen molar-refractivity contribution in [2.24, 2.45) is 11.7 Å². The highest BCUT2D eigenvalue weighted by molar-refractivity contribution is 9.10. The lowest BCUT2D eigenvalue weighted by atomic mass is 9.88. The number of fused-ring (bicyclic) bond motifs is 1. The smallest absolute Gasteiger partial charge is 0.266 e. The van der Waals surface area contributed by atoms with Crippen LogP contribution in [-0.4, -0.2) is 21.4 Å². The molecule has 3 N–H and O–H groups in total. The summed E-state index contributed by atoms with van der Waals surface area (Å²) in [5, 5.41) is 0.277. The van der Waals surface area contributed by atoms with Crippen molar-refractivity contribution >= 4 is 48.2 Å². The third kappa shape index (κ3) is 3.60. The third-order valence-corrected chi connectivity index (χ3v) is 7.56. The van der Waals surface area contributed by atoms with Gasteiger partial charge in [-0.25, -0.2) is 8.42 Å². The summed E-state index contributed by atoms with van der Waals surface area (Å²) in [6.45, 7) is 2.14. The van der Waals surface area contributed by atoms with Crippen molar-refractivity contribution in [1.82, 2.24) is 0 Å². The number of hydrogen-bond acceptors (Lipinski definition) is 5. The van der Waals surface area contributed by atoms with Crippen molar-refractivity contribution in [2.75, 3.05) is 11.8 Å². The van der Waals surface area contributed by atoms with Gasteiger partial charge in [-0.1, -0.05) is 22.9 Å². The van der Waals surface area contributed by atoms with Gasteiger partial charge in [0.25, 0.3) is 15.9 Å². The van der Waals surface area contributed by atoms with Gasteiger partial charge in [0.2, 0.25) is 0 Å². The Morgan fingerprint density at radius 2 is 2.15 bits per heavy atom. The van der Waals surface area contributed by atoms with Gasteiger partial charge in [0, 0.05) is 9.35 Å². The summed E-state index contributed by atoms with van der Waals surface area (Å²) < 4.78 is 34.2. The maximum Gasteiger partial charge on any atom is 0.266 e. The monoisotopic (exact) mass is 458 g/mol. The molecule has 1 aliphatic rings. The number of hydrogen-bond donors (Lipinski definition) is 2. The van der Waals surface area contributed by atoms with Crippen LogP contribution in [0.5, 0.6) is 5.75 Å². The summed E-state index contributed by atoms with van der Waals surface area (Å²) in [5.74, 6) is 0.101. The van der Waals surface area contributed by atoms with Crippen LogP contribution in [0, 0.1) is 5.92 Å². The zero-order chi connectivity index (χ0) is 19.1. The number of benzene rings is 1. The molecule has 6 nitrogen and oxygen atoms in total. The average molecular weight is 459 g/mol. The number of rotatable bonds is 5. The quantitative estimate of drug-likeness (QED) is 0.715. The zero-order valence-corrected chi connectivity index (χ0v) is 17.6. The molecule has 1 amide bonds. The number of nitrogens with one attached hydrogen (secondary N) is 1. The summed E-state index contributed by atoms with van der Waals surface area (Å²) >= 11 is 4.56. The molecule has 0 radical (unpaired) electrons. The Balaban J connectivity index is 2.06. The second-order valence-electron chi connectivity index (χ2n) is 6.32. The molecule has 0 aliphatic heterocycles. The molecule has 0 fully saturated rings. The third-order valence-electron chi connectivity index (χ3n) is 4.40. The number of methoxy groups -OCH3 is 1. The molecule has 1 aromatic heterocycles. The van der Waals surface area contributed by atoms with E-state index in [1.165, 1.54) is 24.5 Å². The molecule has 1 heterocycles. The van der Waals surface area contributed by atoms with Gasteiger partial charge in [-0.05, 0) is 48.9 Å². The van der Waals surface area contributed by atoms with Crippen molar-refractivity contribution in [3.63, 3.8) is 0 Å². The lowest BCUT2D eigenvalue weighted by Crippen LogP contribution is -2.20. The first kappa shape index (κ1) is 19.2. The van der Waals surface area contributed by atoms with Crippen LogP contribution < -0.4 is 15.2 Å². The van der Waals surface area contributed by atoms with Crippen LogP contribution in [0.25, 0.3) is 0 Å². The molecular weight excluding hydrogens is 440 g/mol. The minimum absolute atomic E-state index is 0.00969. The number of carbonyl (C=O) groups is 1. The molecule has 1 aliphatic carbocycles. The molecule has 140 valence electrons. The molecule has 26 heavy (non-hydrogen) atoms. The lowest BCUT2D eigenvalue weighted by Gasteiger charge is -2.18. The van der Waals surface area contributed by atoms with E-state index in [0.29, 0.717) is 10.4 Å². The van der Waals surface area contributed by atoms with Crippen LogP contribution in [0.15, 0.2) is 27.6 Å². The highest BCUT2D eigenvalue weighted by atomic mass is 79.9. The van der Waals surface area contributed by atoms with Crippen LogP contribution in [-0.2, 0) is 22.9 Å². The number of ether oxygens (including phenoxy) is 1. The predicted octanol–water partition coefficient (Wildman–Crippen LogP) is 3.54. The van der Waals surface area contributed by atoms with E-state index in [-0.39, 0.29) is 21.2 Å². The number of primary amides is 1. The molecule has 2 aromatic rings. The summed E-state index contributed by atoms with van der Waals surface area (Å²) in [6, 6.07) is 4.72. The van der Waals surface area contributed by atoms with Gasteiger partial charge in [0.15, 0.2) is 0 Å². The Kier molecular flexibility index (Phi) is 5.32. The zero-order valence-electron chi connectivity index (χ0n) is 14.3. The molecule has 0 spiro atoms. The standard InChI is InChI=1S/C17H19BrN2O4S2/c1-9-3-5-11-13(7-9)25-17(15(11)16(19)21)20-26(22,23)14-8-10(18)4-6-12(14)24-2/h4,6,8-9,20H,3,5,7H2,1-2H3,(H2,19,21)/t9-/m0/s1. The van der Waals surface area contributed by atoms with Crippen molar-refractivity contribution < 1.29 is 17.9 Å². The van der Waals surface area contributed by atoms with Gasteiger partial charge in [-0.2, -0.15) is 0 Å². The van der Waals surface area contributed by atoms with E-state index in [0.717, 1.165) is 29.7 Å². The van der Waals surface area contributed by atoms with Crippen LogP contribution in [0.1, 0.15) is 34.1 Å². The fourth-order valence-corrected chi connectivity index (χ4v) is 6.55. The highest BCUT2D eigenvalue weighted by Gasteiger charge is 2.29. The van der Waals surface area contributed by atoms with Crippen LogP contribution in [0.4, 0.5) is 5.00 Å². The van der Waals surface area contributed by atoms with Crippen molar-refractivity contribution in [3.05, 3.63) is 38.7 Å². The Labute approximate surface area is 164 Å². The Morgan fingerprint density at radius 1 is 1.42 bits per heavy atom. The van der Waals surface area contributed by atoms with Gasteiger partial charge in [-0.3, -0.25) is 9.52 Å². The number of nitrogens with two attached hydrogens (primary N) is 1. The summed E-state index contributed by atoms with van der Waals surface area (Å²) in [7, 11) is -2.54. The molecule has 0 bridgehead atoms. The maximum absolute atomic E-state index is 12.9. The molecule has 3 rings (SSSR count). The van der Waals surface area contributed by atoms with E-state index in [1.54, 1.807) is 12.1 Å². The fourth-order valence-electron chi connectivity index (χ4n) is 3.12. The first-order valence-electron chi connectivity index (χ1n) is 8.03. The molecule has 1 atom stereocenters. The Bertz CT molecular complexity index is 969. The van der Waals surface area contributed by atoms with E-state index < -0.39 is 15.9 Å². The first-order chi connectivity index (χ1) is 12.2.